The van der Waals surface area contributed by atoms with Gasteiger partial charge < -0.3 is 0 Å². The number of carbonyl (C=O) groups is 1. The van der Waals surface area contributed by atoms with Crippen LogP contribution in [0.25, 0.3) is 16.8 Å². The fourth-order valence-corrected chi connectivity index (χ4v) is 2.83. The van der Waals surface area contributed by atoms with E-state index in [4.69, 9.17) is 0 Å². The lowest BCUT2D eigenvalue weighted by molar-refractivity contribution is -0.114. The van der Waals surface area contributed by atoms with E-state index in [-0.39, 0.29) is 11.9 Å². The molecule has 0 aliphatic rings. The summed E-state index contributed by atoms with van der Waals surface area (Å²) in [6.45, 7) is 1.39. The number of nitrogens with zero attached hydrogens (tertiary/aromatic N) is 4. The summed E-state index contributed by atoms with van der Waals surface area (Å²) >= 11 is 0. The Morgan fingerprint density at radius 3 is 2.64 bits per heavy atom. The standard InChI is InChI=1S/C16H17N5O3S/c1-11(22)17-16-18-15-8-7-13(10-21(15)19-16)12-5-4-6-14(9-12)20(2)25(3,23)24/h4-10H,1-3H3,(H,17,19,22). The smallest absolute Gasteiger partial charge is 0.249 e. The Kier molecular flexibility index (Phi) is 4.17. The van der Waals surface area contributed by atoms with Gasteiger partial charge in [0.2, 0.25) is 21.9 Å². The van der Waals surface area contributed by atoms with Crippen molar-refractivity contribution in [3.63, 3.8) is 0 Å². The zero-order chi connectivity index (χ0) is 18.2. The van der Waals surface area contributed by atoms with Crippen molar-refractivity contribution >= 4 is 33.2 Å². The van der Waals surface area contributed by atoms with Crippen LogP contribution in [0, 0.1) is 0 Å². The van der Waals surface area contributed by atoms with Gasteiger partial charge in [-0.05, 0) is 29.8 Å². The van der Waals surface area contributed by atoms with Crippen molar-refractivity contribution in [3.8, 4) is 11.1 Å². The van der Waals surface area contributed by atoms with Crippen LogP contribution in [0.5, 0.6) is 0 Å². The molecule has 2 heterocycles. The molecule has 0 saturated carbocycles. The van der Waals surface area contributed by atoms with E-state index in [1.54, 1.807) is 35.0 Å². The predicted molar refractivity (Wildman–Crippen MR) is 96.0 cm³/mol. The third kappa shape index (κ3) is 3.61. The first-order valence-corrected chi connectivity index (χ1v) is 9.27. The molecule has 0 aliphatic carbocycles. The molecule has 1 N–H and O–H groups in total. The molecule has 1 amide bonds. The van der Waals surface area contributed by atoms with Crippen molar-refractivity contribution < 1.29 is 13.2 Å². The Bertz CT molecular complexity index is 1060. The van der Waals surface area contributed by atoms with Crippen LogP contribution in [-0.2, 0) is 14.8 Å². The van der Waals surface area contributed by atoms with E-state index in [2.05, 4.69) is 15.4 Å². The minimum absolute atomic E-state index is 0.232. The fourth-order valence-electron chi connectivity index (χ4n) is 2.34. The highest BCUT2D eigenvalue weighted by Crippen LogP contribution is 2.25. The number of amides is 1. The van der Waals surface area contributed by atoms with Crippen molar-refractivity contribution in [3.05, 3.63) is 42.6 Å². The van der Waals surface area contributed by atoms with Crippen LogP contribution in [0.15, 0.2) is 42.6 Å². The summed E-state index contributed by atoms with van der Waals surface area (Å²) in [6.07, 6.45) is 2.93. The average Bonchev–Trinajstić information content (AvgIpc) is 2.93. The molecule has 130 valence electrons. The van der Waals surface area contributed by atoms with Gasteiger partial charge in [-0.15, -0.1) is 5.10 Å². The highest BCUT2D eigenvalue weighted by Gasteiger charge is 2.13. The normalized spacial score (nSPS) is 11.5. The van der Waals surface area contributed by atoms with E-state index in [0.29, 0.717) is 11.3 Å². The number of hydrogen-bond acceptors (Lipinski definition) is 5. The number of rotatable bonds is 4. The zero-order valence-corrected chi connectivity index (χ0v) is 14.8. The van der Waals surface area contributed by atoms with Crippen LogP contribution < -0.4 is 9.62 Å². The van der Waals surface area contributed by atoms with Gasteiger partial charge in [-0.25, -0.2) is 12.9 Å². The van der Waals surface area contributed by atoms with Crippen LogP contribution in [0.3, 0.4) is 0 Å². The van der Waals surface area contributed by atoms with Gasteiger partial charge in [-0.1, -0.05) is 12.1 Å². The lowest BCUT2D eigenvalue weighted by atomic mass is 10.1. The number of aromatic nitrogens is 3. The molecule has 0 aliphatic heterocycles. The van der Waals surface area contributed by atoms with Crippen molar-refractivity contribution in [1.82, 2.24) is 14.6 Å². The van der Waals surface area contributed by atoms with E-state index < -0.39 is 10.0 Å². The number of sulfonamides is 1. The molecule has 0 radical (unpaired) electrons. The first-order valence-electron chi connectivity index (χ1n) is 7.42. The van der Waals surface area contributed by atoms with Crippen LogP contribution in [-0.4, -0.2) is 42.2 Å². The third-order valence-corrected chi connectivity index (χ3v) is 4.87. The molecule has 2 aromatic heterocycles. The average molecular weight is 359 g/mol. The Balaban J connectivity index is 2.00. The zero-order valence-electron chi connectivity index (χ0n) is 14.0. The summed E-state index contributed by atoms with van der Waals surface area (Å²) in [7, 11) is -1.82. The summed E-state index contributed by atoms with van der Waals surface area (Å²) in [4.78, 5) is 15.3. The number of nitrogens with one attached hydrogen (secondary N) is 1. The van der Waals surface area contributed by atoms with Gasteiger partial charge >= 0.3 is 0 Å². The first kappa shape index (κ1) is 16.9. The van der Waals surface area contributed by atoms with Crippen molar-refractivity contribution in [1.29, 1.82) is 0 Å². The molecule has 0 atom stereocenters. The summed E-state index contributed by atoms with van der Waals surface area (Å²) in [5, 5.41) is 6.74. The summed E-state index contributed by atoms with van der Waals surface area (Å²) < 4.78 is 26.2. The molecule has 25 heavy (non-hydrogen) atoms. The Morgan fingerprint density at radius 1 is 1.20 bits per heavy atom. The number of anilines is 2. The van der Waals surface area contributed by atoms with Crippen LogP contribution in [0.1, 0.15) is 6.92 Å². The molecule has 0 bridgehead atoms. The monoisotopic (exact) mass is 359 g/mol. The van der Waals surface area contributed by atoms with Crippen LogP contribution in [0.4, 0.5) is 11.6 Å². The number of hydrogen-bond donors (Lipinski definition) is 1. The van der Waals surface area contributed by atoms with Gasteiger partial charge in [0.1, 0.15) is 0 Å². The van der Waals surface area contributed by atoms with Crippen molar-refractivity contribution in [2.75, 3.05) is 22.9 Å². The van der Waals surface area contributed by atoms with Gasteiger partial charge in [0.15, 0.2) is 5.65 Å². The first-order chi connectivity index (χ1) is 11.7. The molecular weight excluding hydrogens is 342 g/mol. The predicted octanol–water partition coefficient (Wildman–Crippen LogP) is 1.75. The van der Waals surface area contributed by atoms with E-state index in [9.17, 15) is 13.2 Å². The van der Waals surface area contributed by atoms with Crippen LogP contribution >= 0.6 is 0 Å². The van der Waals surface area contributed by atoms with E-state index in [1.807, 2.05) is 12.1 Å². The lowest BCUT2D eigenvalue weighted by Gasteiger charge is -2.17. The second-order valence-corrected chi connectivity index (χ2v) is 7.63. The van der Waals surface area contributed by atoms with Gasteiger partial charge in [0.25, 0.3) is 0 Å². The minimum atomic E-state index is -3.33. The molecule has 0 saturated heterocycles. The number of fused-ring (bicyclic) bond motifs is 1. The Labute approximate surface area is 145 Å². The number of carbonyl (C=O) groups excluding carboxylic acids is 1. The van der Waals surface area contributed by atoms with Crippen molar-refractivity contribution in [2.45, 2.75) is 6.92 Å². The summed E-state index contributed by atoms with van der Waals surface area (Å²) in [5.41, 5.74) is 2.84. The second-order valence-electron chi connectivity index (χ2n) is 5.62. The maximum absolute atomic E-state index is 11.7. The van der Waals surface area contributed by atoms with Gasteiger partial charge in [-0.2, -0.15) is 4.98 Å². The topological polar surface area (TPSA) is 96.7 Å². The fraction of sp³-hybridized carbons (Fsp3) is 0.188. The highest BCUT2D eigenvalue weighted by molar-refractivity contribution is 7.92. The quantitative estimate of drug-likeness (QED) is 0.765. The molecule has 0 spiro atoms. The summed E-state index contributed by atoms with van der Waals surface area (Å²) in [6, 6.07) is 10.8. The number of benzene rings is 1. The van der Waals surface area contributed by atoms with E-state index in [0.717, 1.165) is 17.4 Å². The molecule has 0 unspecified atom stereocenters. The largest absolute Gasteiger partial charge is 0.293 e. The lowest BCUT2D eigenvalue weighted by Crippen LogP contribution is -2.24. The van der Waals surface area contributed by atoms with E-state index in [1.165, 1.54) is 18.3 Å². The molecule has 8 nitrogen and oxygen atoms in total. The maximum atomic E-state index is 11.7. The molecule has 3 rings (SSSR count). The minimum Gasteiger partial charge on any atom is -0.293 e. The third-order valence-electron chi connectivity index (χ3n) is 3.66. The molecule has 9 heteroatoms. The second kappa shape index (κ2) is 6.17. The van der Waals surface area contributed by atoms with Crippen LogP contribution in [0.2, 0.25) is 0 Å². The molecular formula is C16H17N5O3S. The molecule has 1 aromatic carbocycles. The van der Waals surface area contributed by atoms with E-state index >= 15 is 0 Å². The Morgan fingerprint density at radius 2 is 1.96 bits per heavy atom. The SMILES string of the molecule is CC(=O)Nc1nc2ccc(-c3cccc(N(C)S(C)(=O)=O)c3)cn2n1. The maximum Gasteiger partial charge on any atom is 0.249 e. The van der Waals surface area contributed by atoms with Gasteiger partial charge in [0.05, 0.1) is 11.9 Å². The highest BCUT2D eigenvalue weighted by atomic mass is 32.2. The molecule has 3 aromatic rings. The van der Waals surface area contributed by atoms with Crippen molar-refractivity contribution in [2.24, 2.45) is 0 Å². The van der Waals surface area contributed by atoms with Gasteiger partial charge in [0, 0.05) is 25.7 Å². The Hall–Kier alpha value is -2.94. The summed E-state index contributed by atoms with van der Waals surface area (Å²) in [5.74, 6) is -0.0112. The molecule has 0 fully saturated rings. The van der Waals surface area contributed by atoms with Gasteiger partial charge in [-0.3, -0.25) is 14.4 Å². The number of pyridine rings is 1.